The van der Waals surface area contributed by atoms with Crippen LogP contribution in [0.5, 0.6) is 0 Å². The van der Waals surface area contributed by atoms with Gasteiger partial charge in [-0.05, 0) is 5.41 Å². The van der Waals surface area contributed by atoms with Crippen LogP contribution in [-0.2, 0) is 4.79 Å². The maximum absolute atomic E-state index is 9.70. The molecule has 0 aromatic carbocycles. The van der Waals surface area contributed by atoms with E-state index in [-0.39, 0.29) is 24.3 Å². The molecule has 0 heterocycles. The summed E-state index contributed by atoms with van der Waals surface area (Å²) in [5.74, 6) is 0. The molecule has 0 aliphatic carbocycles. The van der Waals surface area contributed by atoms with Gasteiger partial charge in [-0.2, -0.15) is 0 Å². The summed E-state index contributed by atoms with van der Waals surface area (Å²) in [6.45, 7) is 6.04. The van der Waals surface area contributed by atoms with E-state index >= 15 is 0 Å². The Hall–Kier alpha value is 0.267. The zero-order valence-corrected chi connectivity index (χ0v) is 5.12. The van der Waals surface area contributed by atoms with Gasteiger partial charge in [0.05, 0.1) is 0 Å². The third kappa shape index (κ3) is 9.55. The SMILES string of the molecule is CC(C)(C)C[C]=O.[LiH]. The van der Waals surface area contributed by atoms with Crippen molar-refractivity contribution in [3.05, 3.63) is 0 Å². The van der Waals surface area contributed by atoms with Crippen molar-refractivity contribution in [2.75, 3.05) is 0 Å². The van der Waals surface area contributed by atoms with Crippen molar-refractivity contribution in [1.29, 1.82) is 0 Å². The molecule has 0 aromatic rings. The zero-order chi connectivity index (χ0) is 5.91. The molecule has 1 nitrogen and oxygen atoms in total. The van der Waals surface area contributed by atoms with Gasteiger partial charge in [0.2, 0.25) is 0 Å². The van der Waals surface area contributed by atoms with Crippen LogP contribution in [0.25, 0.3) is 0 Å². The third-order valence-corrected chi connectivity index (χ3v) is 0.602. The summed E-state index contributed by atoms with van der Waals surface area (Å²) < 4.78 is 0. The van der Waals surface area contributed by atoms with E-state index in [9.17, 15) is 4.79 Å². The molecule has 0 fully saturated rings. The summed E-state index contributed by atoms with van der Waals surface area (Å²) in [5, 5.41) is 0. The normalized spacial score (nSPS) is 9.88. The molecule has 0 amide bonds. The summed E-state index contributed by atoms with van der Waals surface area (Å²) >= 11 is 0. The second kappa shape index (κ2) is 4.18. The fourth-order valence-corrected chi connectivity index (χ4v) is 0.217. The van der Waals surface area contributed by atoms with Gasteiger partial charge < -0.3 is 0 Å². The first-order chi connectivity index (χ1) is 3.06. The average Bonchev–Trinajstić information content (AvgIpc) is 1.30. The second-order valence-electron chi connectivity index (χ2n) is 2.88. The number of hydrogen-bond acceptors (Lipinski definition) is 1. The van der Waals surface area contributed by atoms with Gasteiger partial charge in [0.1, 0.15) is 0 Å². The van der Waals surface area contributed by atoms with E-state index in [0.29, 0.717) is 6.42 Å². The van der Waals surface area contributed by atoms with Crippen molar-refractivity contribution in [2.24, 2.45) is 5.41 Å². The molecule has 0 atom stereocenters. The quantitative estimate of drug-likeness (QED) is 0.454. The molecule has 0 rings (SSSR count). The van der Waals surface area contributed by atoms with E-state index in [0.717, 1.165) is 0 Å². The number of rotatable bonds is 1. The van der Waals surface area contributed by atoms with Crippen LogP contribution in [0.1, 0.15) is 27.2 Å². The molecule has 0 unspecified atom stereocenters. The Balaban J connectivity index is 0. The molecule has 8 heavy (non-hydrogen) atoms. The van der Waals surface area contributed by atoms with Crippen molar-refractivity contribution >= 4 is 25.1 Å². The Morgan fingerprint density at radius 1 is 1.38 bits per heavy atom. The summed E-state index contributed by atoms with van der Waals surface area (Å²) in [5.41, 5.74) is 0.127. The standard InChI is InChI=1S/C6H11O.Li.H/c1-6(2,3)4-5-7;;/h4H2,1-3H3;;. The Morgan fingerprint density at radius 2 is 1.75 bits per heavy atom. The molecule has 0 spiro atoms. The minimum atomic E-state index is 0. The van der Waals surface area contributed by atoms with E-state index in [2.05, 4.69) is 0 Å². The number of carbonyl (C=O) groups excluding carboxylic acids is 1. The Kier molecular flexibility index (Phi) is 5.80. The first-order valence-electron chi connectivity index (χ1n) is 2.41. The molecule has 0 aliphatic heterocycles. The molecule has 0 aromatic heterocycles. The van der Waals surface area contributed by atoms with Crippen LogP contribution in [-0.4, -0.2) is 25.1 Å². The zero-order valence-electron chi connectivity index (χ0n) is 5.12. The molecular weight excluding hydrogens is 95.0 g/mol. The van der Waals surface area contributed by atoms with Crippen LogP contribution in [0.3, 0.4) is 0 Å². The van der Waals surface area contributed by atoms with E-state index in [1.165, 1.54) is 0 Å². The van der Waals surface area contributed by atoms with E-state index in [1.807, 2.05) is 27.1 Å². The van der Waals surface area contributed by atoms with Crippen LogP contribution < -0.4 is 0 Å². The summed E-state index contributed by atoms with van der Waals surface area (Å²) in [6.07, 6.45) is 2.39. The summed E-state index contributed by atoms with van der Waals surface area (Å²) in [6, 6.07) is 0. The Morgan fingerprint density at radius 3 is 1.75 bits per heavy atom. The molecule has 1 radical (unpaired) electrons. The van der Waals surface area contributed by atoms with Gasteiger partial charge in [-0.3, -0.25) is 4.79 Å². The first-order valence-corrected chi connectivity index (χ1v) is 2.41. The van der Waals surface area contributed by atoms with Crippen molar-refractivity contribution in [3.8, 4) is 0 Å². The molecule has 0 N–H and O–H groups in total. The second-order valence-corrected chi connectivity index (χ2v) is 2.88. The van der Waals surface area contributed by atoms with Gasteiger partial charge >= 0.3 is 18.9 Å². The topological polar surface area (TPSA) is 17.1 Å². The van der Waals surface area contributed by atoms with Gasteiger partial charge in [0, 0.05) is 6.42 Å². The van der Waals surface area contributed by atoms with E-state index in [4.69, 9.17) is 0 Å². The van der Waals surface area contributed by atoms with Crippen molar-refractivity contribution < 1.29 is 4.79 Å². The van der Waals surface area contributed by atoms with Gasteiger partial charge in [0.25, 0.3) is 0 Å². The van der Waals surface area contributed by atoms with Crippen molar-refractivity contribution in [2.45, 2.75) is 27.2 Å². The van der Waals surface area contributed by atoms with Crippen molar-refractivity contribution in [1.82, 2.24) is 0 Å². The maximum atomic E-state index is 9.70. The fourth-order valence-electron chi connectivity index (χ4n) is 0.217. The van der Waals surface area contributed by atoms with Crippen LogP contribution in [0.4, 0.5) is 0 Å². The van der Waals surface area contributed by atoms with Gasteiger partial charge in [-0.15, -0.1) is 0 Å². The monoisotopic (exact) mass is 107 g/mol. The van der Waals surface area contributed by atoms with Crippen LogP contribution in [0.15, 0.2) is 0 Å². The third-order valence-electron chi connectivity index (χ3n) is 0.602. The molecule has 2 heteroatoms. The predicted octanol–water partition coefficient (Wildman–Crippen LogP) is 0.884. The molecule has 43 valence electrons. The van der Waals surface area contributed by atoms with Crippen LogP contribution in [0.2, 0.25) is 0 Å². The molecule has 0 saturated carbocycles. The van der Waals surface area contributed by atoms with Gasteiger partial charge in [-0.1, -0.05) is 20.8 Å². The molecule has 0 bridgehead atoms. The molecule has 0 aliphatic rings. The van der Waals surface area contributed by atoms with Gasteiger partial charge in [0.15, 0.2) is 6.29 Å². The van der Waals surface area contributed by atoms with E-state index in [1.54, 1.807) is 0 Å². The van der Waals surface area contributed by atoms with Crippen LogP contribution in [0, 0.1) is 5.41 Å². The minimum absolute atomic E-state index is 0. The van der Waals surface area contributed by atoms with E-state index < -0.39 is 0 Å². The molecular formula is C6H12LiO. The summed E-state index contributed by atoms with van der Waals surface area (Å²) in [7, 11) is 0. The average molecular weight is 107 g/mol. The first kappa shape index (κ1) is 11.1. The van der Waals surface area contributed by atoms with Crippen molar-refractivity contribution in [3.63, 3.8) is 0 Å². The molecule has 0 saturated heterocycles. The Labute approximate surface area is 63.0 Å². The van der Waals surface area contributed by atoms with Crippen LogP contribution >= 0.6 is 0 Å². The number of hydrogen-bond donors (Lipinski definition) is 0. The predicted molar refractivity (Wildman–Crippen MR) is 36.9 cm³/mol. The Bertz CT molecular complexity index is 63.4. The fraction of sp³-hybridized carbons (Fsp3) is 0.833. The summed E-state index contributed by atoms with van der Waals surface area (Å²) in [4.78, 5) is 9.70. The van der Waals surface area contributed by atoms with Gasteiger partial charge in [-0.25, -0.2) is 0 Å².